The summed E-state index contributed by atoms with van der Waals surface area (Å²) in [5, 5.41) is 2.84. The molecule has 0 unspecified atom stereocenters. The molecule has 0 aliphatic carbocycles. The van der Waals surface area contributed by atoms with Gasteiger partial charge in [0.25, 0.3) is 0 Å². The first-order valence-electron chi connectivity index (χ1n) is 6.75. The number of ether oxygens (including phenoxy) is 1. The second-order valence-electron chi connectivity index (χ2n) is 4.80. The Hall–Kier alpha value is -0.660. The molecule has 1 amide bonds. The van der Waals surface area contributed by atoms with Gasteiger partial charge >= 0.3 is 0 Å². The van der Waals surface area contributed by atoms with E-state index in [1.54, 1.807) is 0 Å². The van der Waals surface area contributed by atoms with Crippen LogP contribution in [0.15, 0.2) is 0 Å². The van der Waals surface area contributed by atoms with Crippen molar-refractivity contribution in [2.75, 3.05) is 39.1 Å². The van der Waals surface area contributed by atoms with E-state index in [4.69, 9.17) is 4.74 Å². The van der Waals surface area contributed by atoms with Gasteiger partial charge in [0.05, 0.1) is 12.2 Å². The van der Waals surface area contributed by atoms with Crippen molar-refractivity contribution in [2.45, 2.75) is 26.2 Å². The molecule has 19 heavy (non-hydrogen) atoms. The van der Waals surface area contributed by atoms with E-state index < -0.39 is 10.0 Å². The summed E-state index contributed by atoms with van der Waals surface area (Å²) in [7, 11) is -3.19. The van der Waals surface area contributed by atoms with E-state index in [9.17, 15) is 13.2 Å². The van der Waals surface area contributed by atoms with Crippen LogP contribution in [0.1, 0.15) is 26.2 Å². The second kappa shape index (κ2) is 7.81. The Balaban J connectivity index is 2.32. The third-order valence-corrected chi connectivity index (χ3v) is 4.46. The van der Waals surface area contributed by atoms with Gasteiger partial charge in [-0.15, -0.1) is 0 Å². The number of amides is 1. The van der Waals surface area contributed by atoms with Gasteiger partial charge in [-0.3, -0.25) is 4.79 Å². The molecule has 1 fully saturated rings. The van der Waals surface area contributed by atoms with Crippen molar-refractivity contribution in [1.82, 2.24) is 9.62 Å². The van der Waals surface area contributed by atoms with Crippen LogP contribution >= 0.6 is 0 Å². The Labute approximate surface area is 115 Å². The van der Waals surface area contributed by atoms with Gasteiger partial charge in [0, 0.05) is 32.8 Å². The largest absolute Gasteiger partial charge is 0.382 e. The second-order valence-corrected chi connectivity index (χ2v) is 6.78. The van der Waals surface area contributed by atoms with E-state index in [1.165, 1.54) is 10.6 Å². The minimum Gasteiger partial charge on any atom is -0.382 e. The van der Waals surface area contributed by atoms with Crippen molar-refractivity contribution < 1.29 is 17.9 Å². The summed E-state index contributed by atoms with van der Waals surface area (Å²) >= 11 is 0. The van der Waals surface area contributed by atoms with Gasteiger partial charge in [0.15, 0.2) is 0 Å². The molecule has 1 heterocycles. The molecule has 0 radical (unpaired) electrons. The van der Waals surface area contributed by atoms with Gasteiger partial charge in [-0.05, 0) is 26.2 Å². The molecule has 1 N–H and O–H groups in total. The number of rotatable bonds is 7. The SMILES string of the molecule is CCOCCCNC(=O)[C@H]1CCCN(S(C)(=O)=O)C1. The van der Waals surface area contributed by atoms with Crippen LogP contribution in [-0.4, -0.2) is 57.7 Å². The zero-order chi connectivity index (χ0) is 14.3. The Morgan fingerprint density at radius 2 is 2.21 bits per heavy atom. The van der Waals surface area contributed by atoms with Gasteiger partial charge in [-0.2, -0.15) is 0 Å². The maximum atomic E-state index is 11.9. The first-order valence-corrected chi connectivity index (χ1v) is 8.60. The summed E-state index contributed by atoms with van der Waals surface area (Å²) in [5.41, 5.74) is 0. The summed E-state index contributed by atoms with van der Waals surface area (Å²) in [4.78, 5) is 11.9. The van der Waals surface area contributed by atoms with E-state index >= 15 is 0 Å². The van der Waals surface area contributed by atoms with Crippen molar-refractivity contribution >= 4 is 15.9 Å². The lowest BCUT2D eigenvalue weighted by Gasteiger charge is -2.30. The average molecular weight is 292 g/mol. The molecule has 1 atom stereocenters. The number of carbonyl (C=O) groups is 1. The van der Waals surface area contributed by atoms with Gasteiger partial charge in [-0.25, -0.2) is 12.7 Å². The summed E-state index contributed by atoms with van der Waals surface area (Å²) in [5.74, 6) is -0.277. The van der Waals surface area contributed by atoms with Crippen molar-refractivity contribution in [1.29, 1.82) is 0 Å². The first-order chi connectivity index (χ1) is 8.95. The monoisotopic (exact) mass is 292 g/mol. The molecule has 1 aliphatic heterocycles. The van der Waals surface area contributed by atoms with Crippen LogP contribution in [-0.2, 0) is 19.6 Å². The van der Waals surface area contributed by atoms with Gasteiger partial charge in [-0.1, -0.05) is 0 Å². The number of carbonyl (C=O) groups excluding carboxylic acids is 1. The molecule has 7 heteroatoms. The fourth-order valence-electron chi connectivity index (χ4n) is 2.13. The fourth-order valence-corrected chi connectivity index (χ4v) is 3.04. The molecule has 0 aromatic carbocycles. The molecular weight excluding hydrogens is 268 g/mol. The van der Waals surface area contributed by atoms with Crippen LogP contribution < -0.4 is 5.32 Å². The molecule has 1 saturated heterocycles. The Morgan fingerprint density at radius 3 is 2.84 bits per heavy atom. The third-order valence-electron chi connectivity index (χ3n) is 3.19. The Bertz CT molecular complexity index is 383. The minimum atomic E-state index is -3.19. The van der Waals surface area contributed by atoms with Crippen molar-refractivity contribution in [3.8, 4) is 0 Å². The lowest BCUT2D eigenvalue weighted by Crippen LogP contribution is -2.45. The molecule has 0 spiro atoms. The quantitative estimate of drug-likeness (QED) is 0.680. The highest BCUT2D eigenvalue weighted by Gasteiger charge is 2.29. The predicted molar refractivity (Wildman–Crippen MR) is 73.3 cm³/mol. The highest BCUT2D eigenvalue weighted by molar-refractivity contribution is 7.88. The van der Waals surface area contributed by atoms with Gasteiger partial charge in [0.2, 0.25) is 15.9 Å². The van der Waals surface area contributed by atoms with Crippen LogP contribution in [0.3, 0.4) is 0 Å². The van der Waals surface area contributed by atoms with Crippen molar-refractivity contribution in [3.05, 3.63) is 0 Å². The molecule has 1 rings (SSSR count). The molecule has 0 saturated carbocycles. The number of nitrogens with zero attached hydrogens (tertiary/aromatic N) is 1. The van der Waals surface area contributed by atoms with Gasteiger partial charge in [0.1, 0.15) is 0 Å². The maximum Gasteiger partial charge on any atom is 0.224 e. The van der Waals surface area contributed by atoms with E-state index in [0.29, 0.717) is 32.8 Å². The molecule has 0 bridgehead atoms. The normalized spacial score (nSPS) is 21.3. The van der Waals surface area contributed by atoms with E-state index in [2.05, 4.69) is 5.32 Å². The molecule has 0 aromatic rings. The summed E-state index contributed by atoms with van der Waals surface area (Å²) in [6.07, 6.45) is 3.46. The van der Waals surface area contributed by atoms with Crippen LogP contribution in [0.2, 0.25) is 0 Å². The predicted octanol–water partition coefficient (Wildman–Crippen LogP) is 0.201. The number of hydrogen-bond acceptors (Lipinski definition) is 4. The summed E-state index contributed by atoms with van der Waals surface area (Å²) < 4.78 is 29.5. The average Bonchev–Trinajstić information content (AvgIpc) is 2.37. The first kappa shape index (κ1) is 16.4. The van der Waals surface area contributed by atoms with Crippen LogP contribution in [0, 0.1) is 5.92 Å². The lowest BCUT2D eigenvalue weighted by molar-refractivity contribution is -0.126. The van der Waals surface area contributed by atoms with E-state index in [-0.39, 0.29) is 11.8 Å². The summed E-state index contributed by atoms with van der Waals surface area (Å²) in [6, 6.07) is 0. The van der Waals surface area contributed by atoms with E-state index in [0.717, 1.165) is 19.3 Å². The lowest BCUT2D eigenvalue weighted by atomic mass is 9.99. The number of hydrogen-bond donors (Lipinski definition) is 1. The Kier molecular flexibility index (Phi) is 6.74. The molecule has 6 nitrogen and oxygen atoms in total. The highest BCUT2D eigenvalue weighted by Crippen LogP contribution is 2.18. The molecular formula is C12H24N2O4S. The van der Waals surface area contributed by atoms with Crippen LogP contribution in [0.25, 0.3) is 0 Å². The van der Waals surface area contributed by atoms with Crippen LogP contribution in [0.5, 0.6) is 0 Å². The topological polar surface area (TPSA) is 75.7 Å². The van der Waals surface area contributed by atoms with Crippen molar-refractivity contribution in [3.63, 3.8) is 0 Å². The molecule has 1 aliphatic rings. The number of sulfonamides is 1. The smallest absolute Gasteiger partial charge is 0.224 e. The number of piperidine rings is 1. The zero-order valence-corrected chi connectivity index (χ0v) is 12.5. The zero-order valence-electron chi connectivity index (χ0n) is 11.7. The molecule has 0 aromatic heterocycles. The minimum absolute atomic E-state index is 0.0511. The molecule has 112 valence electrons. The Morgan fingerprint density at radius 1 is 1.47 bits per heavy atom. The number of nitrogens with one attached hydrogen (secondary N) is 1. The maximum absolute atomic E-state index is 11.9. The van der Waals surface area contributed by atoms with Crippen molar-refractivity contribution in [2.24, 2.45) is 5.92 Å². The van der Waals surface area contributed by atoms with E-state index in [1.807, 2.05) is 6.92 Å². The van der Waals surface area contributed by atoms with Gasteiger partial charge < -0.3 is 10.1 Å². The standard InChI is InChI=1S/C12H24N2O4S/c1-3-18-9-5-7-13-12(15)11-6-4-8-14(10-11)19(2,16)17/h11H,3-10H2,1-2H3,(H,13,15)/t11-/m0/s1. The van der Waals surface area contributed by atoms with Crippen LogP contribution in [0.4, 0.5) is 0 Å². The summed E-state index contributed by atoms with van der Waals surface area (Å²) in [6.45, 7) is 4.65. The third kappa shape index (κ3) is 5.88. The fraction of sp³-hybridized carbons (Fsp3) is 0.917. The highest BCUT2D eigenvalue weighted by atomic mass is 32.2.